The molecule has 1 aromatic carbocycles. The summed E-state index contributed by atoms with van der Waals surface area (Å²) in [6.07, 6.45) is 0. The zero-order chi connectivity index (χ0) is 11.9. The Morgan fingerprint density at radius 3 is 2.38 bits per heavy atom. The van der Waals surface area contributed by atoms with Crippen LogP contribution >= 0.6 is 0 Å². The lowest BCUT2D eigenvalue weighted by atomic mass is 9.84. The maximum atomic E-state index is 4.65. The fourth-order valence-electron chi connectivity index (χ4n) is 2.14. The van der Waals surface area contributed by atoms with E-state index >= 15 is 0 Å². The van der Waals surface area contributed by atoms with Gasteiger partial charge in [0, 0.05) is 11.1 Å². The SMILES string of the molecule is Cc1cc(C(C)(C)C)c2cccc(C)c2n1. The summed E-state index contributed by atoms with van der Waals surface area (Å²) in [7, 11) is 0. The average molecular weight is 213 g/mol. The summed E-state index contributed by atoms with van der Waals surface area (Å²) >= 11 is 0. The molecular formula is C15H19N. The first-order chi connectivity index (χ1) is 7.39. The summed E-state index contributed by atoms with van der Waals surface area (Å²) in [5.74, 6) is 0. The van der Waals surface area contributed by atoms with Gasteiger partial charge in [-0.25, -0.2) is 0 Å². The molecule has 1 nitrogen and oxygen atoms in total. The van der Waals surface area contributed by atoms with Crippen LogP contribution in [0.5, 0.6) is 0 Å². The second-order valence-electron chi connectivity index (χ2n) is 5.53. The number of rotatable bonds is 0. The molecule has 0 spiro atoms. The molecule has 0 amide bonds. The molecule has 0 aliphatic rings. The van der Waals surface area contributed by atoms with Crippen molar-refractivity contribution in [3.05, 3.63) is 41.1 Å². The van der Waals surface area contributed by atoms with Crippen molar-refractivity contribution in [3.8, 4) is 0 Å². The normalized spacial score (nSPS) is 12.1. The standard InChI is InChI=1S/C15H19N/c1-10-7-6-8-12-13(15(3,4)5)9-11(2)16-14(10)12/h6-9H,1-5H3. The smallest absolute Gasteiger partial charge is 0.0737 e. The Bertz CT molecular complexity index is 533. The molecule has 0 aliphatic carbocycles. The molecule has 2 aromatic rings. The van der Waals surface area contributed by atoms with Crippen LogP contribution in [0.3, 0.4) is 0 Å². The van der Waals surface area contributed by atoms with Gasteiger partial charge in [0.25, 0.3) is 0 Å². The van der Waals surface area contributed by atoms with Crippen LogP contribution in [-0.2, 0) is 5.41 Å². The Balaban J connectivity index is 2.89. The van der Waals surface area contributed by atoms with Gasteiger partial charge in [-0.1, -0.05) is 39.0 Å². The monoisotopic (exact) mass is 213 g/mol. The first kappa shape index (κ1) is 11.1. The van der Waals surface area contributed by atoms with E-state index < -0.39 is 0 Å². The number of aryl methyl sites for hydroxylation is 2. The number of pyridine rings is 1. The first-order valence-electron chi connectivity index (χ1n) is 5.77. The molecular weight excluding hydrogens is 194 g/mol. The van der Waals surface area contributed by atoms with Crippen molar-refractivity contribution in [1.82, 2.24) is 4.98 Å². The molecule has 0 aliphatic heterocycles. The highest BCUT2D eigenvalue weighted by Crippen LogP contribution is 2.30. The zero-order valence-electron chi connectivity index (χ0n) is 10.8. The number of benzene rings is 1. The van der Waals surface area contributed by atoms with Gasteiger partial charge in [0.15, 0.2) is 0 Å². The minimum Gasteiger partial charge on any atom is -0.253 e. The fourth-order valence-corrected chi connectivity index (χ4v) is 2.14. The van der Waals surface area contributed by atoms with Crippen LogP contribution in [0.25, 0.3) is 10.9 Å². The highest BCUT2D eigenvalue weighted by atomic mass is 14.7. The highest BCUT2D eigenvalue weighted by molar-refractivity contribution is 5.86. The molecule has 1 heteroatoms. The van der Waals surface area contributed by atoms with Crippen molar-refractivity contribution in [3.63, 3.8) is 0 Å². The van der Waals surface area contributed by atoms with Gasteiger partial charge in [0.2, 0.25) is 0 Å². The summed E-state index contributed by atoms with van der Waals surface area (Å²) in [6, 6.07) is 8.63. The van der Waals surface area contributed by atoms with Gasteiger partial charge < -0.3 is 0 Å². The minimum absolute atomic E-state index is 0.166. The van der Waals surface area contributed by atoms with Crippen LogP contribution in [0.2, 0.25) is 0 Å². The molecule has 1 heterocycles. The summed E-state index contributed by atoms with van der Waals surface area (Å²) in [5, 5.41) is 1.29. The molecule has 0 bridgehead atoms. The third-order valence-corrected chi connectivity index (χ3v) is 2.98. The van der Waals surface area contributed by atoms with Crippen molar-refractivity contribution in [1.29, 1.82) is 0 Å². The average Bonchev–Trinajstić information content (AvgIpc) is 2.17. The van der Waals surface area contributed by atoms with Gasteiger partial charge in [0.1, 0.15) is 0 Å². The van der Waals surface area contributed by atoms with Crippen LogP contribution in [0.4, 0.5) is 0 Å². The zero-order valence-corrected chi connectivity index (χ0v) is 10.8. The number of aromatic nitrogens is 1. The summed E-state index contributed by atoms with van der Waals surface area (Å²) in [6.45, 7) is 11.0. The van der Waals surface area contributed by atoms with E-state index in [-0.39, 0.29) is 5.41 Å². The number of fused-ring (bicyclic) bond motifs is 1. The van der Waals surface area contributed by atoms with Gasteiger partial charge in [-0.2, -0.15) is 0 Å². The number of hydrogen-bond acceptors (Lipinski definition) is 1. The van der Waals surface area contributed by atoms with Crippen molar-refractivity contribution in [2.45, 2.75) is 40.0 Å². The van der Waals surface area contributed by atoms with E-state index in [0.717, 1.165) is 11.2 Å². The topological polar surface area (TPSA) is 12.9 Å². The molecule has 84 valence electrons. The molecule has 0 saturated heterocycles. The van der Waals surface area contributed by atoms with Crippen LogP contribution < -0.4 is 0 Å². The van der Waals surface area contributed by atoms with E-state index in [4.69, 9.17) is 0 Å². The Labute approximate surface area is 97.5 Å². The predicted octanol–water partition coefficient (Wildman–Crippen LogP) is 4.15. The lowest BCUT2D eigenvalue weighted by Gasteiger charge is -2.22. The minimum atomic E-state index is 0.166. The lowest BCUT2D eigenvalue weighted by Crippen LogP contribution is -2.12. The van der Waals surface area contributed by atoms with Gasteiger partial charge >= 0.3 is 0 Å². The Hall–Kier alpha value is -1.37. The van der Waals surface area contributed by atoms with E-state index in [1.54, 1.807) is 0 Å². The second-order valence-corrected chi connectivity index (χ2v) is 5.53. The highest BCUT2D eigenvalue weighted by Gasteiger charge is 2.18. The first-order valence-corrected chi connectivity index (χ1v) is 5.77. The maximum absolute atomic E-state index is 4.65. The molecule has 16 heavy (non-hydrogen) atoms. The number of para-hydroxylation sites is 1. The molecule has 0 N–H and O–H groups in total. The molecule has 0 unspecified atom stereocenters. The molecule has 1 aromatic heterocycles. The predicted molar refractivity (Wildman–Crippen MR) is 69.9 cm³/mol. The molecule has 0 radical (unpaired) electrons. The van der Waals surface area contributed by atoms with Gasteiger partial charge in [-0.3, -0.25) is 4.98 Å². The summed E-state index contributed by atoms with van der Waals surface area (Å²) in [5.41, 5.74) is 5.06. The number of hydrogen-bond donors (Lipinski definition) is 0. The summed E-state index contributed by atoms with van der Waals surface area (Å²) in [4.78, 5) is 4.65. The van der Waals surface area contributed by atoms with E-state index in [2.05, 4.69) is 63.9 Å². The summed E-state index contributed by atoms with van der Waals surface area (Å²) < 4.78 is 0. The lowest BCUT2D eigenvalue weighted by molar-refractivity contribution is 0.594. The van der Waals surface area contributed by atoms with Crippen molar-refractivity contribution in [2.24, 2.45) is 0 Å². The van der Waals surface area contributed by atoms with E-state index in [9.17, 15) is 0 Å². The van der Waals surface area contributed by atoms with Crippen LogP contribution in [0.15, 0.2) is 24.3 Å². The maximum Gasteiger partial charge on any atom is 0.0737 e. The molecule has 0 fully saturated rings. The van der Waals surface area contributed by atoms with Crippen LogP contribution in [-0.4, -0.2) is 4.98 Å². The third-order valence-electron chi connectivity index (χ3n) is 2.98. The van der Waals surface area contributed by atoms with E-state index in [0.29, 0.717) is 0 Å². The Kier molecular flexibility index (Phi) is 2.49. The Morgan fingerprint density at radius 1 is 1.06 bits per heavy atom. The molecule has 2 rings (SSSR count). The Morgan fingerprint density at radius 2 is 1.75 bits per heavy atom. The quantitative estimate of drug-likeness (QED) is 0.640. The largest absolute Gasteiger partial charge is 0.253 e. The van der Waals surface area contributed by atoms with Crippen molar-refractivity contribution >= 4 is 10.9 Å². The van der Waals surface area contributed by atoms with Crippen molar-refractivity contribution in [2.75, 3.05) is 0 Å². The second kappa shape index (κ2) is 3.58. The third kappa shape index (κ3) is 1.82. The molecule has 0 saturated carbocycles. The van der Waals surface area contributed by atoms with E-state index in [1.165, 1.54) is 16.5 Å². The van der Waals surface area contributed by atoms with Gasteiger partial charge in [-0.05, 0) is 36.5 Å². The number of nitrogens with zero attached hydrogens (tertiary/aromatic N) is 1. The van der Waals surface area contributed by atoms with Crippen molar-refractivity contribution < 1.29 is 0 Å². The van der Waals surface area contributed by atoms with Crippen LogP contribution in [0, 0.1) is 13.8 Å². The van der Waals surface area contributed by atoms with Crippen LogP contribution in [0.1, 0.15) is 37.6 Å². The van der Waals surface area contributed by atoms with Gasteiger partial charge in [0.05, 0.1) is 5.52 Å². The van der Waals surface area contributed by atoms with E-state index in [1.807, 2.05) is 0 Å². The fraction of sp³-hybridized carbons (Fsp3) is 0.400. The van der Waals surface area contributed by atoms with Gasteiger partial charge in [-0.15, -0.1) is 0 Å². The molecule has 0 atom stereocenters.